The molecular formula is C31H38N6O3. The van der Waals surface area contributed by atoms with Crippen LogP contribution >= 0.6 is 0 Å². The highest BCUT2D eigenvalue weighted by molar-refractivity contribution is 5.93. The van der Waals surface area contributed by atoms with Crippen LogP contribution in [0, 0.1) is 13.8 Å². The number of aromatic carboxylic acids is 1. The van der Waals surface area contributed by atoms with Crippen molar-refractivity contribution in [3.05, 3.63) is 75.9 Å². The highest BCUT2D eigenvalue weighted by atomic mass is 16.4. The van der Waals surface area contributed by atoms with Gasteiger partial charge in [-0.25, -0.2) is 19.7 Å². The number of carbonyl (C=O) groups is 2. The number of nitrogens with zero attached hydrogens (tertiary/aromatic N) is 5. The number of aromatic nitrogens is 3. The van der Waals surface area contributed by atoms with Gasteiger partial charge in [-0.15, -0.1) is 0 Å². The molecule has 2 N–H and O–H groups in total. The van der Waals surface area contributed by atoms with E-state index < -0.39 is 11.5 Å². The molecule has 0 saturated carbocycles. The molecular weight excluding hydrogens is 504 g/mol. The Kier molecular flexibility index (Phi) is 7.25. The highest BCUT2D eigenvalue weighted by Crippen LogP contribution is 2.35. The van der Waals surface area contributed by atoms with Crippen LogP contribution < -0.4 is 10.2 Å². The van der Waals surface area contributed by atoms with E-state index in [0.29, 0.717) is 36.6 Å². The summed E-state index contributed by atoms with van der Waals surface area (Å²) in [6.07, 6.45) is 3.64. The first-order valence-corrected chi connectivity index (χ1v) is 14.0. The number of anilines is 2. The molecule has 9 heteroatoms. The van der Waals surface area contributed by atoms with Crippen molar-refractivity contribution in [2.75, 3.05) is 29.9 Å². The molecule has 1 atom stereocenters. The smallest absolute Gasteiger partial charge is 0.337 e. The number of nitrogens with one attached hydrogen (secondary N) is 1. The number of carboxylic acid groups (broad SMARTS) is 1. The van der Waals surface area contributed by atoms with Gasteiger partial charge in [0.25, 0.3) is 5.91 Å². The zero-order chi connectivity index (χ0) is 28.8. The van der Waals surface area contributed by atoms with Crippen molar-refractivity contribution in [3.8, 4) is 0 Å². The molecule has 0 radical (unpaired) electrons. The van der Waals surface area contributed by atoms with Crippen molar-refractivity contribution in [1.82, 2.24) is 19.9 Å². The quantitative estimate of drug-likeness (QED) is 0.440. The van der Waals surface area contributed by atoms with Gasteiger partial charge in [-0.1, -0.05) is 38.1 Å². The van der Waals surface area contributed by atoms with Gasteiger partial charge < -0.3 is 20.2 Å². The Balaban J connectivity index is 1.35. The van der Waals surface area contributed by atoms with Gasteiger partial charge in [-0.2, -0.15) is 0 Å². The fourth-order valence-electron chi connectivity index (χ4n) is 6.05. The minimum absolute atomic E-state index is 0.0931. The van der Waals surface area contributed by atoms with E-state index in [1.54, 1.807) is 20.0 Å². The fraction of sp³-hybridized carbons (Fsp3) is 0.452. The van der Waals surface area contributed by atoms with E-state index in [9.17, 15) is 14.7 Å². The summed E-state index contributed by atoms with van der Waals surface area (Å²) in [6.45, 7) is 13.4. The number of amides is 1. The van der Waals surface area contributed by atoms with Gasteiger partial charge in [0.15, 0.2) is 0 Å². The summed E-state index contributed by atoms with van der Waals surface area (Å²) in [5, 5.41) is 13.1. The minimum Gasteiger partial charge on any atom is -0.478 e. The zero-order valence-corrected chi connectivity index (χ0v) is 24.2. The van der Waals surface area contributed by atoms with Gasteiger partial charge in [0.05, 0.1) is 34.7 Å². The zero-order valence-electron chi connectivity index (χ0n) is 24.2. The largest absolute Gasteiger partial charge is 0.478 e. The van der Waals surface area contributed by atoms with Crippen LogP contribution in [0.25, 0.3) is 0 Å². The molecule has 3 aromatic rings. The number of pyridine rings is 1. The molecule has 1 saturated heterocycles. The number of aryl methyl sites for hydroxylation is 3. The number of rotatable bonds is 6. The number of hydrogen-bond donors (Lipinski definition) is 2. The van der Waals surface area contributed by atoms with Crippen LogP contribution in [0.4, 0.5) is 11.6 Å². The number of fused-ring (bicyclic) bond motifs is 1. The first kappa shape index (κ1) is 27.6. The third kappa shape index (κ3) is 5.12. The van der Waals surface area contributed by atoms with Crippen LogP contribution in [0.2, 0.25) is 0 Å². The van der Waals surface area contributed by atoms with E-state index in [-0.39, 0.29) is 23.4 Å². The topological polar surface area (TPSA) is 112 Å². The molecule has 2 aromatic heterocycles. The summed E-state index contributed by atoms with van der Waals surface area (Å²) < 4.78 is 0. The molecule has 0 spiro atoms. The third-order valence-corrected chi connectivity index (χ3v) is 8.08. The van der Waals surface area contributed by atoms with Crippen LogP contribution in [0.1, 0.15) is 95.0 Å². The molecule has 2 aliphatic rings. The second-order valence-corrected chi connectivity index (χ2v) is 11.8. The molecule has 5 rings (SSSR count). The molecule has 1 aliphatic heterocycles. The predicted octanol–water partition coefficient (Wildman–Crippen LogP) is 5.15. The van der Waals surface area contributed by atoms with Crippen LogP contribution in [-0.2, 0) is 6.42 Å². The molecule has 1 amide bonds. The summed E-state index contributed by atoms with van der Waals surface area (Å²) in [5.41, 5.74) is 4.71. The maximum Gasteiger partial charge on any atom is 0.337 e. The van der Waals surface area contributed by atoms with Crippen LogP contribution in [-0.4, -0.2) is 62.0 Å². The second-order valence-electron chi connectivity index (χ2n) is 11.8. The fourth-order valence-corrected chi connectivity index (χ4v) is 6.05. The van der Waals surface area contributed by atoms with Crippen molar-refractivity contribution in [2.45, 2.75) is 71.9 Å². The summed E-state index contributed by atoms with van der Waals surface area (Å²) in [5.74, 6) is 0.444. The van der Waals surface area contributed by atoms with Gasteiger partial charge in [0.2, 0.25) is 0 Å². The lowest BCUT2D eigenvalue weighted by Crippen LogP contribution is -2.61. The van der Waals surface area contributed by atoms with Crippen LogP contribution in [0.5, 0.6) is 0 Å². The van der Waals surface area contributed by atoms with E-state index in [2.05, 4.69) is 53.3 Å². The van der Waals surface area contributed by atoms with E-state index >= 15 is 0 Å². The van der Waals surface area contributed by atoms with E-state index in [4.69, 9.17) is 9.97 Å². The van der Waals surface area contributed by atoms with E-state index in [1.165, 1.54) is 11.1 Å². The molecule has 0 unspecified atom stereocenters. The normalized spacial score (nSPS) is 18.1. The molecule has 40 heavy (non-hydrogen) atoms. The molecule has 1 aromatic carbocycles. The van der Waals surface area contributed by atoms with Crippen molar-refractivity contribution in [3.63, 3.8) is 0 Å². The Bertz CT molecular complexity index is 1440. The lowest BCUT2D eigenvalue weighted by atomic mass is 9.97. The number of carbonyl (C=O) groups excluding carboxylic acids is 1. The van der Waals surface area contributed by atoms with Gasteiger partial charge >= 0.3 is 5.97 Å². The van der Waals surface area contributed by atoms with Crippen molar-refractivity contribution in [1.29, 1.82) is 0 Å². The molecule has 3 heterocycles. The number of benzene rings is 1. The maximum atomic E-state index is 13.8. The molecule has 9 nitrogen and oxygen atoms in total. The Morgan fingerprint density at radius 2 is 1.88 bits per heavy atom. The minimum atomic E-state index is -0.971. The van der Waals surface area contributed by atoms with Gasteiger partial charge in [0, 0.05) is 19.6 Å². The van der Waals surface area contributed by atoms with Crippen LogP contribution in [0.15, 0.2) is 36.5 Å². The SMILES string of the molecule is Cc1cc(N2CCN(C(=O)c3cnc(N[C@@H]4CCc5ccccc54)c(C(C)C)n3)C(C)(C)C2)nc(C)c1C(=O)O. The Labute approximate surface area is 235 Å². The van der Waals surface area contributed by atoms with E-state index in [0.717, 1.165) is 30.2 Å². The number of hydrogen-bond acceptors (Lipinski definition) is 7. The highest BCUT2D eigenvalue weighted by Gasteiger charge is 2.39. The van der Waals surface area contributed by atoms with Crippen LogP contribution in [0.3, 0.4) is 0 Å². The van der Waals surface area contributed by atoms with Gasteiger partial charge in [0.1, 0.15) is 17.3 Å². The average molecular weight is 543 g/mol. The summed E-state index contributed by atoms with van der Waals surface area (Å²) in [4.78, 5) is 43.5. The Morgan fingerprint density at radius 1 is 1.12 bits per heavy atom. The van der Waals surface area contributed by atoms with Crippen molar-refractivity contribution >= 4 is 23.5 Å². The second kappa shape index (κ2) is 10.5. The van der Waals surface area contributed by atoms with E-state index in [1.807, 2.05) is 24.8 Å². The summed E-state index contributed by atoms with van der Waals surface area (Å²) >= 11 is 0. The first-order valence-electron chi connectivity index (χ1n) is 14.0. The standard InChI is InChI=1S/C31H38N6O3/c1-18(2)27-28(35-23-12-11-21-9-7-8-10-22(21)23)32-16-24(34-27)29(38)37-14-13-36(17-31(37,5)6)25-15-19(3)26(30(39)40)20(4)33-25/h7-10,15-16,18,23H,11-14,17H2,1-6H3,(H,32,35)(H,39,40)/t23-/m1/s1. The van der Waals surface area contributed by atoms with Crippen molar-refractivity contribution in [2.24, 2.45) is 0 Å². The first-order chi connectivity index (χ1) is 19.0. The third-order valence-electron chi connectivity index (χ3n) is 8.08. The van der Waals surface area contributed by atoms with Gasteiger partial charge in [-0.3, -0.25) is 4.79 Å². The molecule has 1 fully saturated rings. The summed E-state index contributed by atoms with van der Waals surface area (Å²) in [7, 11) is 0. The Hall–Kier alpha value is -4.01. The molecule has 0 bridgehead atoms. The summed E-state index contributed by atoms with van der Waals surface area (Å²) in [6, 6.07) is 10.5. The number of piperazine rings is 1. The lowest BCUT2D eigenvalue weighted by Gasteiger charge is -2.47. The average Bonchev–Trinajstić information content (AvgIpc) is 3.30. The Morgan fingerprint density at radius 3 is 2.55 bits per heavy atom. The predicted molar refractivity (Wildman–Crippen MR) is 155 cm³/mol. The maximum absolute atomic E-state index is 13.8. The lowest BCUT2D eigenvalue weighted by molar-refractivity contribution is 0.0506. The monoisotopic (exact) mass is 542 g/mol. The molecule has 1 aliphatic carbocycles. The van der Waals surface area contributed by atoms with Crippen molar-refractivity contribution < 1.29 is 14.7 Å². The number of carboxylic acids is 1. The molecule has 210 valence electrons. The van der Waals surface area contributed by atoms with Gasteiger partial charge in [-0.05, 0) is 69.2 Å².